The first kappa shape index (κ1) is 18.0. The van der Waals surface area contributed by atoms with Crippen molar-refractivity contribution in [2.45, 2.75) is 26.7 Å². The molecule has 0 amide bonds. The van der Waals surface area contributed by atoms with Gasteiger partial charge in [0.1, 0.15) is 0 Å². The average molecular weight is 412 g/mol. The zero-order valence-electron chi connectivity index (χ0n) is 18.5. The lowest BCUT2D eigenvalue weighted by molar-refractivity contribution is 0.785. The van der Waals surface area contributed by atoms with E-state index in [1.54, 1.807) is 0 Å². The second-order valence-corrected chi connectivity index (χ2v) is 9.05. The Morgan fingerprint density at radius 2 is 1.12 bits per heavy atom. The second-order valence-electron chi connectivity index (χ2n) is 9.05. The summed E-state index contributed by atoms with van der Waals surface area (Å²) in [5, 5.41) is 3.95. The molecule has 3 aromatic carbocycles. The van der Waals surface area contributed by atoms with Crippen LogP contribution in [0.2, 0.25) is 0 Å². The molecule has 0 saturated carbocycles. The Kier molecular flexibility index (Phi) is 3.48. The van der Waals surface area contributed by atoms with Crippen molar-refractivity contribution in [2.24, 2.45) is 0 Å². The van der Waals surface area contributed by atoms with Crippen molar-refractivity contribution in [2.75, 3.05) is 0 Å². The number of aromatic amines is 1. The summed E-state index contributed by atoms with van der Waals surface area (Å²) in [6.07, 6.45) is 0. The molecule has 32 heavy (non-hydrogen) atoms. The molecule has 0 spiro atoms. The van der Waals surface area contributed by atoms with Crippen LogP contribution in [0.25, 0.3) is 32.7 Å². The molecule has 6 aromatic rings. The molecule has 3 aromatic heterocycles. The zero-order valence-corrected chi connectivity index (χ0v) is 18.5. The molecule has 1 radical (unpaired) electrons. The number of H-pyrrole nitrogens is 1. The quantitative estimate of drug-likeness (QED) is 0.301. The molecule has 1 aliphatic rings. The van der Waals surface area contributed by atoms with Crippen LogP contribution in [0.1, 0.15) is 39.7 Å². The van der Waals surface area contributed by atoms with Crippen molar-refractivity contribution < 1.29 is 0 Å². The van der Waals surface area contributed by atoms with E-state index in [2.05, 4.69) is 115 Å². The van der Waals surface area contributed by atoms with E-state index in [-0.39, 0.29) is 5.92 Å². The summed E-state index contributed by atoms with van der Waals surface area (Å²) in [5.74, 6) is 0.132. The summed E-state index contributed by atoms with van der Waals surface area (Å²) in [6.45, 7) is 6.82. The van der Waals surface area contributed by atoms with Crippen molar-refractivity contribution in [3.05, 3.63) is 107 Å². The summed E-state index contributed by atoms with van der Waals surface area (Å²) in [5.41, 5.74) is 11.8. The van der Waals surface area contributed by atoms with Crippen molar-refractivity contribution >= 4 is 40.3 Å². The third kappa shape index (κ3) is 2.12. The van der Waals surface area contributed by atoms with Gasteiger partial charge in [0, 0.05) is 49.8 Å². The van der Waals surface area contributed by atoms with Gasteiger partial charge in [-0.05, 0) is 55.7 Å². The van der Waals surface area contributed by atoms with Crippen LogP contribution in [0, 0.1) is 20.8 Å². The lowest BCUT2D eigenvalue weighted by atomic mass is 9.85. The van der Waals surface area contributed by atoms with Crippen LogP contribution in [-0.4, -0.2) is 21.5 Å². The standard InChI is InChI=1S/C28H23BN3/c1-16-19-10-4-7-13-22(19)30-26(16)25-27-17(2)20-11-5-8-14-23(20)31(27)29-32-24-15-9-6-12-21(24)18(3)28(25)32/h4-15,25,30H,1-3H3. The van der Waals surface area contributed by atoms with Gasteiger partial charge in [0.05, 0.1) is 5.92 Å². The van der Waals surface area contributed by atoms with Crippen molar-refractivity contribution in [3.63, 3.8) is 0 Å². The van der Waals surface area contributed by atoms with Crippen molar-refractivity contribution in [1.82, 2.24) is 13.9 Å². The maximum absolute atomic E-state index is 3.82. The summed E-state index contributed by atoms with van der Waals surface area (Å²) < 4.78 is 4.83. The van der Waals surface area contributed by atoms with Gasteiger partial charge >= 0.3 is 7.55 Å². The van der Waals surface area contributed by atoms with E-state index in [9.17, 15) is 0 Å². The van der Waals surface area contributed by atoms with Crippen LogP contribution in [0.15, 0.2) is 72.8 Å². The molecule has 0 fully saturated rings. The lowest BCUT2D eigenvalue weighted by Gasteiger charge is -2.29. The van der Waals surface area contributed by atoms with Crippen LogP contribution >= 0.6 is 0 Å². The van der Waals surface area contributed by atoms with Gasteiger partial charge in [0.2, 0.25) is 0 Å². The number of benzene rings is 3. The van der Waals surface area contributed by atoms with Crippen LogP contribution in [0.4, 0.5) is 0 Å². The highest BCUT2D eigenvalue weighted by molar-refractivity contribution is 6.37. The number of aryl methyl sites for hydroxylation is 3. The van der Waals surface area contributed by atoms with Crippen LogP contribution in [0.3, 0.4) is 0 Å². The topological polar surface area (TPSA) is 25.6 Å². The average Bonchev–Trinajstić information content (AvgIpc) is 3.42. The normalized spacial score (nSPS) is 13.6. The third-order valence-corrected chi connectivity index (χ3v) is 7.49. The van der Waals surface area contributed by atoms with Crippen molar-refractivity contribution in [1.29, 1.82) is 0 Å². The Labute approximate surface area is 187 Å². The van der Waals surface area contributed by atoms with Gasteiger partial charge in [-0.2, -0.15) is 0 Å². The molecule has 7 rings (SSSR count). The number of hydrogen-bond acceptors (Lipinski definition) is 0. The summed E-state index contributed by atoms with van der Waals surface area (Å²) in [4.78, 5) is 3.82. The maximum Gasteiger partial charge on any atom is 0.400 e. The summed E-state index contributed by atoms with van der Waals surface area (Å²) in [7, 11) is 2.30. The highest BCUT2D eigenvalue weighted by Gasteiger charge is 2.36. The molecule has 4 heteroatoms. The fourth-order valence-electron chi connectivity index (χ4n) is 5.97. The van der Waals surface area contributed by atoms with Crippen molar-refractivity contribution in [3.8, 4) is 0 Å². The van der Waals surface area contributed by atoms with E-state index in [1.165, 1.54) is 66.5 Å². The first-order valence-corrected chi connectivity index (χ1v) is 11.3. The van der Waals surface area contributed by atoms with Gasteiger partial charge < -0.3 is 13.9 Å². The van der Waals surface area contributed by atoms with E-state index in [1.807, 2.05) is 0 Å². The maximum atomic E-state index is 3.82. The van der Waals surface area contributed by atoms with Gasteiger partial charge in [0.15, 0.2) is 0 Å². The van der Waals surface area contributed by atoms with Gasteiger partial charge in [-0.15, -0.1) is 0 Å². The number of rotatable bonds is 1. The van der Waals surface area contributed by atoms with E-state index < -0.39 is 0 Å². The fraction of sp³-hybridized carbons (Fsp3) is 0.143. The highest BCUT2D eigenvalue weighted by atomic mass is 15.1. The highest BCUT2D eigenvalue weighted by Crippen LogP contribution is 2.45. The van der Waals surface area contributed by atoms with E-state index in [0.29, 0.717) is 0 Å². The molecule has 3 nitrogen and oxygen atoms in total. The molecule has 0 unspecified atom stereocenters. The minimum atomic E-state index is 0.132. The van der Waals surface area contributed by atoms with Gasteiger partial charge in [-0.1, -0.05) is 54.6 Å². The molecule has 153 valence electrons. The first-order valence-electron chi connectivity index (χ1n) is 11.3. The number of hydrogen-bond donors (Lipinski definition) is 1. The zero-order chi connectivity index (χ0) is 21.6. The molecular weight excluding hydrogens is 389 g/mol. The number of nitrogens with one attached hydrogen (secondary N) is 1. The summed E-state index contributed by atoms with van der Waals surface area (Å²) >= 11 is 0. The molecule has 1 N–H and O–H groups in total. The molecule has 0 atom stereocenters. The lowest BCUT2D eigenvalue weighted by Crippen LogP contribution is -2.30. The smallest absolute Gasteiger partial charge is 0.370 e. The molecule has 0 bridgehead atoms. The number of aromatic nitrogens is 3. The van der Waals surface area contributed by atoms with Gasteiger partial charge in [-0.3, -0.25) is 0 Å². The predicted octanol–water partition coefficient (Wildman–Crippen LogP) is 6.43. The Balaban J connectivity index is 1.65. The Morgan fingerprint density at radius 1 is 0.625 bits per heavy atom. The van der Waals surface area contributed by atoms with E-state index in [0.717, 1.165) is 0 Å². The van der Waals surface area contributed by atoms with E-state index in [4.69, 9.17) is 0 Å². The molecule has 1 aliphatic heterocycles. The van der Waals surface area contributed by atoms with Gasteiger partial charge in [0.25, 0.3) is 0 Å². The van der Waals surface area contributed by atoms with Crippen LogP contribution in [0.5, 0.6) is 0 Å². The van der Waals surface area contributed by atoms with Crippen LogP contribution < -0.4 is 0 Å². The largest absolute Gasteiger partial charge is 0.400 e. The second kappa shape index (κ2) is 6.20. The Morgan fingerprint density at radius 3 is 1.69 bits per heavy atom. The molecule has 4 heterocycles. The number of para-hydroxylation sites is 3. The first-order chi connectivity index (χ1) is 15.6. The Bertz CT molecular complexity index is 1610. The summed E-state index contributed by atoms with van der Waals surface area (Å²) in [6, 6.07) is 26.2. The minimum absolute atomic E-state index is 0.132. The third-order valence-electron chi connectivity index (χ3n) is 7.49. The monoisotopic (exact) mass is 412 g/mol. The number of fused-ring (bicyclic) bond motifs is 7. The minimum Gasteiger partial charge on any atom is -0.370 e. The Hall–Kier alpha value is -3.66. The molecule has 0 aliphatic carbocycles. The predicted molar refractivity (Wildman–Crippen MR) is 134 cm³/mol. The van der Waals surface area contributed by atoms with Crippen LogP contribution in [-0.2, 0) is 0 Å². The molecule has 0 saturated heterocycles. The molecular formula is C28H23BN3. The fourth-order valence-corrected chi connectivity index (χ4v) is 5.97. The SMILES string of the molecule is Cc1c(C2c3c(C)c4ccccc4n3[B]n3c2c(C)c2ccccc23)[nH]c2ccccc12. The number of nitrogens with zero attached hydrogens (tertiary/aromatic N) is 2. The van der Waals surface area contributed by atoms with Gasteiger partial charge in [-0.25, -0.2) is 0 Å². The van der Waals surface area contributed by atoms with E-state index >= 15 is 0 Å².